The number of nitrogens with zero attached hydrogens (tertiary/aromatic N) is 2. The third-order valence-corrected chi connectivity index (χ3v) is 2.95. The average Bonchev–Trinajstić information content (AvgIpc) is 2.83. The summed E-state index contributed by atoms with van der Waals surface area (Å²) in [6.07, 6.45) is 2.39. The smallest absolute Gasteiger partial charge is 0.341 e. The Morgan fingerprint density at radius 1 is 1.18 bits per heavy atom. The monoisotopic (exact) mass is 308 g/mol. The fraction of sp³-hybridized carbons (Fsp3) is 0.400. The minimum atomic E-state index is -0.488. The highest BCUT2D eigenvalue weighted by Gasteiger charge is 2.17. The van der Waals surface area contributed by atoms with Gasteiger partial charge < -0.3 is 19.0 Å². The van der Waals surface area contributed by atoms with E-state index in [0.717, 1.165) is 0 Å². The van der Waals surface area contributed by atoms with Crippen LogP contribution in [0.15, 0.2) is 22.6 Å². The Bertz CT molecular complexity index is 601. The van der Waals surface area contributed by atoms with Crippen LogP contribution in [0.5, 0.6) is 0 Å². The highest BCUT2D eigenvalue weighted by molar-refractivity contribution is 5.96. The Morgan fingerprint density at radius 3 is 2.32 bits per heavy atom. The zero-order valence-corrected chi connectivity index (χ0v) is 13.4. The fourth-order valence-corrected chi connectivity index (χ4v) is 1.66. The molecule has 0 atom stereocenters. The molecular weight excluding hydrogens is 288 g/mol. The minimum Gasteiger partial charge on any atom is -0.465 e. The van der Waals surface area contributed by atoms with Crippen molar-refractivity contribution in [2.75, 3.05) is 28.3 Å². The van der Waals surface area contributed by atoms with Gasteiger partial charge in [0.05, 0.1) is 13.7 Å². The molecular formula is C15H20N2O5. The van der Waals surface area contributed by atoms with Gasteiger partial charge in [-0.2, -0.15) is 0 Å². The topological polar surface area (TPSA) is 80.1 Å². The number of rotatable bonds is 5. The first-order valence-electron chi connectivity index (χ1n) is 6.58. The standard InChI is InChI=1S/C15H20N2O5/c1-10-12(15(20)21-5)8-11(22-10)9-17(4)14(19)7-6-13(18)16(2)3/h6-8H,9H2,1-5H3/b7-6+. The van der Waals surface area contributed by atoms with Gasteiger partial charge in [-0.25, -0.2) is 4.79 Å². The molecule has 1 aromatic rings. The molecule has 0 saturated heterocycles. The maximum Gasteiger partial charge on any atom is 0.341 e. The Kier molecular flexibility index (Phi) is 5.91. The molecule has 0 aliphatic carbocycles. The molecule has 0 aliphatic rings. The molecule has 7 nitrogen and oxygen atoms in total. The van der Waals surface area contributed by atoms with Gasteiger partial charge in [0.25, 0.3) is 0 Å². The highest BCUT2D eigenvalue weighted by atomic mass is 16.5. The van der Waals surface area contributed by atoms with Crippen molar-refractivity contribution < 1.29 is 23.5 Å². The van der Waals surface area contributed by atoms with E-state index >= 15 is 0 Å². The van der Waals surface area contributed by atoms with Gasteiger partial charge >= 0.3 is 5.97 Å². The predicted octanol–water partition coefficient (Wildman–Crippen LogP) is 0.977. The van der Waals surface area contributed by atoms with E-state index < -0.39 is 5.97 Å². The average molecular weight is 308 g/mol. The molecule has 0 unspecified atom stereocenters. The zero-order valence-electron chi connectivity index (χ0n) is 13.4. The van der Waals surface area contributed by atoms with E-state index in [2.05, 4.69) is 4.74 Å². The molecule has 0 aromatic carbocycles. The van der Waals surface area contributed by atoms with E-state index in [4.69, 9.17) is 4.42 Å². The van der Waals surface area contributed by atoms with Crippen molar-refractivity contribution in [3.8, 4) is 0 Å². The Hall–Kier alpha value is -2.57. The first-order valence-corrected chi connectivity index (χ1v) is 6.58. The van der Waals surface area contributed by atoms with Gasteiger partial charge in [-0.05, 0) is 13.0 Å². The number of methoxy groups -OCH3 is 1. The summed E-state index contributed by atoms with van der Waals surface area (Å²) >= 11 is 0. The predicted molar refractivity (Wildman–Crippen MR) is 79.1 cm³/mol. The lowest BCUT2D eigenvalue weighted by Gasteiger charge is -2.13. The van der Waals surface area contributed by atoms with Crippen LogP contribution in [0, 0.1) is 6.92 Å². The van der Waals surface area contributed by atoms with Crippen LogP contribution >= 0.6 is 0 Å². The van der Waals surface area contributed by atoms with Crippen molar-refractivity contribution >= 4 is 17.8 Å². The summed E-state index contributed by atoms with van der Waals surface area (Å²) in [7, 11) is 6.06. The van der Waals surface area contributed by atoms with Gasteiger partial charge in [0, 0.05) is 33.3 Å². The van der Waals surface area contributed by atoms with Crippen LogP contribution in [-0.4, -0.2) is 55.8 Å². The van der Waals surface area contributed by atoms with Crippen molar-refractivity contribution in [2.45, 2.75) is 13.5 Å². The van der Waals surface area contributed by atoms with Crippen LogP contribution in [0.2, 0.25) is 0 Å². The van der Waals surface area contributed by atoms with Crippen LogP contribution in [0.4, 0.5) is 0 Å². The van der Waals surface area contributed by atoms with Crippen molar-refractivity contribution in [1.29, 1.82) is 0 Å². The summed E-state index contributed by atoms with van der Waals surface area (Å²) in [5.41, 5.74) is 0.330. The number of carbonyl (C=O) groups excluding carboxylic acids is 3. The molecule has 2 amide bonds. The summed E-state index contributed by atoms with van der Waals surface area (Å²) in [5, 5.41) is 0. The molecule has 0 bridgehead atoms. The molecule has 0 spiro atoms. The Labute approximate surface area is 129 Å². The summed E-state index contributed by atoms with van der Waals surface area (Å²) in [4.78, 5) is 37.5. The lowest BCUT2D eigenvalue weighted by Crippen LogP contribution is -2.25. The maximum absolute atomic E-state index is 11.9. The number of hydrogen-bond acceptors (Lipinski definition) is 5. The van der Waals surface area contributed by atoms with Crippen LogP contribution in [0.25, 0.3) is 0 Å². The summed E-state index contributed by atoms with van der Waals surface area (Å²) in [6, 6.07) is 1.54. The third kappa shape index (κ3) is 4.47. The molecule has 0 radical (unpaired) electrons. The van der Waals surface area contributed by atoms with E-state index in [1.807, 2.05) is 0 Å². The molecule has 120 valence electrons. The number of ether oxygens (including phenoxy) is 1. The second-order valence-electron chi connectivity index (χ2n) is 4.93. The van der Waals surface area contributed by atoms with E-state index in [9.17, 15) is 14.4 Å². The van der Waals surface area contributed by atoms with Gasteiger partial charge in [0.15, 0.2) is 0 Å². The molecule has 0 aliphatic heterocycles. The lowest BCUT2D eigenvalue weighted by molar-refractivity contribution is -0.127. The van der Waals surface area contributed by atoms with E-state index in [0.29, 0.717) is 17.1 Å². The number of furan rings is 1. The summed E-state index contributed by atoms with van der Waals surface area (Å²) < 4.78 is 10.1. The molecule has 7 heteroatoms. The number of carbonyl (C=O) groups is 3. The van der Waals surface area contributed by atoms with Crippen LogP contribution in [0.3, 0.4) is 0 Å². The molecule has 22 heavy (non-hydrogen) atoms. The van der Waals surface area contributed by atoms with Crippen molar-refractivity contribution in [1.82, 2.24) is 9.80 Å². The quantitative estimate of drug-likeness (QED) is 0.598. The summed E-state index contributed by atoms with van der Waals surface area (Å²) in [6.45, 7) is 1.82. The lowest BCUT2D eigenvalue weighted by atomic mass is 10.2. The largest absolute Gasteiger partial charge is 0.465 e. The Balaban J connectivity index is 2.72. The second kappa shape index (κ2) is 7.44. The first kappa shape index (κ1) is 17.5. The maximum atomic E-state index is 11.9. The SMILES string of the molecule is COC(=O)c1cc(CN(C)C(=O)/C=C/C(=O)N(C)C)oc1C. The number of hydrogen-bond donors (Lipinski definition) is 0. The normalized spacial score (nSPS) is 10.6. The molecule has 1 aromatic heterocycles. The van der Waals surface area contributed by atoms with Gasteiger partial charge in [-0.15, -0.1) is 0 Å². The van der Waals surface area contributed by atoms with Crippen molar-refractivity contribution in [2.24, 2.45) is 0 Å². The molecule has 0 fully saturated rings. The van der Waals surface area contributed by atoms with Crippen LogP contribution < -0.4 is 0 Å². The molecule has 1 heterocycles. The first-order chi connectivity index (χ1) is 10.3. The summed E-state index contributed by atoms with van der Waals surface area (Å²) in [5.74, 6) is -0.215. The fourth-order valence-electron chi connectivity index (χ4n) is 1.66. The van der Waals surface area contributed by atoms with E-state index in [-0.39, 0.29) is 18.4 Å². The molecule has 0 saturated carbocycles. The number of likely N-dealkylation sites (N-methyl/N-ethyl adjacent to an activating group) is 2. The minimum absolute atomic E-state index is 0.178. The van der Waals surface area contributed by atoms with Gasteiger partial charge in [-0.1, -0.05) is 0 Å². The Morgan fingerprint density at radius 2 is 1.77 bits per heavy atom. The third-order valence-electron chi connectivity index (χ3n) is 2.95. The van der Waals surface area contributed by atoms with Gasteiger partial charge in [0.2, 0.25) is 11.8 Å². The zero-order chi connectivity index (χ0) is 16.9. The number of amides is 2. The van der Waals surface area contributed by atoms with Gasteiger partial charge in [-0.3, -0.25) is 9.59 Å². The highest BCUT2D eigenvalue weighted by Crippen LogP contribution is 2.17. The van der Waals surface area contributed by atoms with Crippen molar-refractivity contribution in [3.63, 3.8) is 0 Å². The van der Waals surface area contributed by atoms with Crippen LogP contribution in [-0.2, 0) is 20.9 Å². The van der Waals surface area contributed by atoms with Gasteiger partial charge in [0.1, 0.15) is 17.1 Å². The molecule has 0 N–H and O–H groups in total. The van der Waals surface area contributed by atoms with Crippen molar-refractivity contribution in [3.05, 3.63) is 35.3 Å². The van der Waals surface area contributed by atoms with Crippen LogP contribution in [0.1, 0.15) is 21.9 Å². The molecule has 1 rings (SSSR count). The second-order valence-corrected chi connectivity index (χ2v) is 4.93. The number of aryl methyl sites for hydroxylation is 1. The van der Waals surface area contributed by atoms with E-state index in [1.54, 1.807) is 34.1 Å². The number of esters is 1. The van der Waals surface area contributed by atoms with E-state index in [1.165, 1.54) is 29.1 Å².